The molecule has 2 aromatic heterocycles. The van der Waals surface area contributed by atoms with E-state index in [1.807, 2.05) is 58.0 Å². The molecule has 0 bridgehead atoms. The lowest BCUT2D eigenvalue weighted by atomic mass is 10.1. The van der Waals surface area contributed by atoms with Crippen LogP contribution in [0.3, 0.4) is 0 Å². The highest BCUT2D eigenvalue weighted by molar-refractivity contribution is 5.73. The number of nitrogens with two attached hydrogens (primary N) is 1. The van der Waals surface area contributed by atoms with Crippen molar-refractivity contribution in [2.24, 2.45) is 5.92 Å². The van der Waals surface area contributed by atoms with Crippen LogP contribution in [-0.4, -0.2) is 52.6 Å². The van der Waals surface area contributed by atoms with Gasteiger partial charge in [-0.15, -0.1) is 10.2 Å². The Balaban J connectivity index is 0.000000381. The normalized spacial score (nSPS) is 12.6. The quantitative estimate of drug-likeness (QED) is 0.277. The minimum absolute atomic E-state index is 0.193. The van der Waals surface area contributed by atoms with Crippen LogP contribution < -0.4 is 20.7 Å². The molecule has 4 N–H and O–H groups in total. The number of aryl methyl sites for hydroxylation is 1. The minimum atomic E-state index is 0.193. The molecular weight excluding hydrogens is 500 g/mol. The van der Waals surface area contributed by atoms with E-state index in [1.165, 1.54) is 5.56 Å². The van der Waals surface area contributed by atoms with Gasteiger partial charge in [0.25, 0.3) is 0 Å². The Morgan fingerprint density at radius 2 is 1.73 bits per heavy atom. The maximum absolute atomic E-state index is 10.00. The van der Waals surface area contributed by atoms with E-state index in [1.54, 1.807) is 18.3 Å². The van der Waals surface area contributed by atoms with Crippen molar-refractivity contribution < 1.29 is 9.84 Å². The number of phenols is 1. The van der Waals surface area contributed by atoms with Crippen LogP contribution in [0, 0.1) is 12.8 Å². The molecule has 1 saturated heterocycles. The van der Waals surface area contributed by atoms with E-state index in [-0.39, 0.29) is 5.75 Å². The molecule has 0 amide bonds. The highest BCUT2D eigenvalue weighted by atomic mass is 16.5. The van der Waals surface area contributed by atoms with Crippen LogP contribution >= 0.6 is 0 Å². The highest BCUT2D eigenvalue weighted by Crippen LogP contribution is 2.31. The second kappa shape index (κ2) is 19.6. The van der Waals surface area contributed by atoms with Gasteiger partial charge in [-0.3, -0.25) is 0 Å². The van der Waals surface area contributed by atoms with Crippen molar-refractivity contribution in [1.82, 2.24) is 20.5 Å². The third-order valence-electron chi connectivity index (χ3n) is 5.87. The zero-order valence-corrected chi connectivity index (χ0v) is 25.9. The van der Waals surface area contributed by atoms with Crippen LogP contribution in [0.1, 0.15) is 73.3 Å². The van der Waals surface area contributed by atoms with Gasteiger partial charge in [-0.1, -0.05) is 60.6 Å². The smallest absolute Gasteiger partial charge is 0.213 e. The topological polar surface area (TPSA) is 109 Å². The first-order chi connectivity index (χ1) is 19.4. The Labute approximate surface area is 242 Å². The Kier molecular flexibility index (Phi) is 17.0. The lowest BCUT2D eigenvalue weighted by molar-refractivity contribution is 0.156. The van der Waals surface area contributed by atoms with Crippen molar-refractivity contribution in [3.63, 3.8) is 0 Å². The third-order valence-corrected chi connectivity index (χ3v) is 5.87. The number of aromatic hydroxyl groups is 1. The summed E-state index contributed by atoms with van der Waals surface area (Å²) in [7, 11) is 0. The first-order valence-corrected chi connectivity index (χ1v) is 14.8. The molecule has 8 heteroatoms. The molecule has 0 radical (unpaired) electrons. The number of nitrogens with one attached hydrogen (secondary N) is 1. The van der Waals surface area contributed by atoms with Gasteiger partial charge < -0.3 is 25.8 Å². The molecule has 0 unspecified atom stereocenters. The molecule has 1 fully saturated rings. The number of hydrogen-bond acceptors (Lipinski definition) is 8. The molecule has 1 aliphatic rings. The summed E-state index contributed by atoms with van der Waals surface area (Å²) in [6, 6.07) is 13.0. The largest absolute Gasteiger partial charge is 0.507 e. The van der Waals surface area contributed by atoms with Gasteiger partial charge in [0, 0.05) is 30.9 Å². The van der Waals surface area contributed by atoms with E-state index in [9.17, 15) is 5.11 Å². The van der Waals surface area contributed by atoms with Crippen LogP contribution in [0.2, 0.25) is 0 Å². The molecule has 0 saturated carbocycles. The summed E-state index contributed by atoms with van der Waals surface area (Å²) in [5.74, 6) is 1.90. The van der Waals surface area contributed by atoms with Gasteiger partial charge in [0.2, 0.25) is 5.88 Å². The summed E-state index contributed by atoms with van der Waals surface area (Å²) >= 11 is 0. The van der Waals surface area contributed by atoms with Crippen molar-refractivity contribution in [3.05, 3.63) is 54.2 Å². The van der Waals surface area contributed by atoms with Crippen LogP contribution in [0.15, 0.2) is 48.7 Å². The Hall–Kier alpha value is -3.39. The monoisotopic (exact) mass is 552 g/mol. The molecule has 3 aromatic rings. The molecule has 0 atom stereocenters. The van der Waals surface area contributed by atoms with Crippen LogP contribution in [-0.2, 0) is 0 Å². The molecule has 0 aliphatic carbocycles. The number of phenolic OH excluding ortho intramolecular Hbond substituents is 1. The molecule has 40 heavy (non-hydrogen) atoms. The first kappa shape index (κ1) is 34.6. The molecular formula is C32H52N6O2. The summed E-state index contributed by atoms with van der Waals surface area (Å²) in [6.07, 6.45) is 5.32. The number of nitrogen functional groups attached to an aromatic ring is 1. The van der Waals surface area contributed by atoms with Crippen molar-refractivity contribution in [1.29, 1.82) is 0 Å². The molecule has 222 valence electrons. The summed E-state index contributed by atoms with van der Waals surface area (Å²) in [5.41, 5.74) is 9.41. The van der Waals surface area contributed by atoms with Gasteiger partial charge in [-0.25, -0.2) is 4.98 Å². The highest BCUT2D eigenvalue weighted by Gasteiger charge is 2.16. The fraction of sp³-hybridized carbons (Fsp3) is 0.531. The van der Waals surface area contributed by atoms with E-state index < -0.39 is 0 Å². The number of nitrogens with zero attached hydrogens (tertiary/aromatic N) is 4. The van der Waals surface area contributed by atoms with Gasteiger partial charge in [0.05, 0.1) is 11.4 Å². The minimum Gasteiger partial charge on any atom is -0.507 e. The SMILES string of the molecule is CC.CC.CCCN(CC(C)C)c1cc(-c2ccccc2O)nnc1N.Cc1ccnc(OC2CCNCC2)c1. The van der Waals surface area contributed by atoms with E-state index in [0.29, 0.717) is 29.1 Å². The van der Waals surface area contributed by atoms with Crippen molar-refractivity contribution in [2.45, 2.75) is 80.8 Å². The summed E-state index contributed by atoms with van der Waals surface area (Å²) in [4.78, 5) is 6.43. The molecule has 0 spiro atoms. The van der Waals surface area contributed by atoms with E-state index >= 15 is 0 Å². The maximum Gasteiger partial charge on any atom is 0.213 e. The van der Waals surface area contributed by atoms with Gasteiger partial charge in [-0.05, 0) is 75.0 Å². The van der Waals surface area contributed by atoms with Gasteiger partial charge in [0.1, 0.15) is 11.9 Å². The molecule has 8 nitrogen and oxygen atoms in total. The lowest BCUT2D eigenvalue weighted by Crippen LogP contribution is -2.34. The number of hydrogen-bond donors (Lipinski definition) is 3. The van der Waals surface area contributed by atoms with Crippen molar-refractivity contribution in [2.75, 3.05) is 36.8 Å². The van der Waals surface area contributed by atoms with Crippen molar-refractivity contribution in [3.8, 4) is 22.9 Å². The second-order valence-electron chi connectivity index (χ2n) is 9.60. The maximum atomic E-state index is 10.00. The van der Waals surface area contributed by atoms with Crippen LogP contribution in [0.25, 0.3) is 11.3 Å². The number of para-hydroxylation sites is 1. The standard InChI is InChI=1S/C17H24N4O.C11H16N2O.2C2H6/c1-4-9-21(11-12(2)3)15-10-14(19-20-17(15)18)13-7-5-6-8-16(13)22;1-9-2-7-13-11(8-9)14-10-3-5-12-6-4-10;2*1-2/h5-8,10,12,22H,4,9,11H2,1-3H3,(H2,18,20);2,7-8,10,12H,3-6H2,1H3;2*1-2H3. The number of piperidine rings is 1. The van der Waals surface area contributed by atoms with Crippen LogP contribution in [0.5, 0.6) is 11.6 Å². The Morgan fingerprint density at radius 1 is 1.05 bits per heavy atom. The third kappa shape index (κ3) is 11.8. The predicted molar refractivity (Wildman–Crippen MR) is 169 cm³/mol. The molecule has 1 aromatic carbocycles. The number of rotatable bonds is 8. The second-order valence-corrected chi connectivity index (χ2v) is 9.60. The van der Waals surface area contributed by atoms with E-state index in [4.69, 9.17) is 10.5 Å². The summed E-state index contributed by atoms with van der Waals surface area (Å²) in [6.45, 7) is 20.5. The Morgan fingerprint density at radius 3 is 2.33 bits per heavy atom. The lowest BCUT2D eigenvalue weighted by Gasteiger charge is -2.27. The Bertz CT molecular complexity index is 1090. The predicted octanol–water partition coefficient (Wildman–Crippen LogP) is 6.88. The zero-order chi connectivity index (χ0) is 29.9. The number of aromatic nitrogens is 3. The van der Waals surface area contributed by atoms with Gasteiger partial charge in [0.15, 0.2) is 5.82 Å². The number of anilines is 2. The average Bonchev–Trinajstić information content (AvgIpc) is 2.96. The number of pyridine rings is 1. The van der Waals surface area contributed by atoms with E-state index in [2.05, 4.69) is 53.1 Å². The summed E-state index contributed by atoms with van der Waals surface area (Å²) < 4.78 is 5.78. The van der Waals surface area contributed by atoms with Gasteiger partial charge in [-0.2, -0.15) is 0 Å². The fourth-order valence-electron chi connectivity index (χ4n) is 4.14. The fourth-order valence-corrected chi connectivity index (χ4v) is 4.14. The molecule has 1 aliphatic heterocycles. The van der Waals surface area contributed by atoms with Crippen molar-refractivity contribution >= 4 is 11.5 Å². The number of benzene rings is 1. The number of ether oxygens (including phenoxy) is 1. The average molecular weight is 553 g/mol. The van der Waals surface area contributed by atoms with Crippen LogP contribution in [0.4, 0.5) is 11.5 Å². The molecule has 3 heterocycles. The first-order valence-electron chi connectivity index (χ1n) is 14.8. The summed E-state index contributed by atoms with van der Waals surface area (Å²) in [5, 5.41) is 21.5. The molecule has 4 rings (SSSR count). The van der Waals surface area contributed by atoms with Gasteiger partial charge >= 0.3 is 0 Å². The van der Waals surface area contributed by atoms with E-state index in [0.717, 1.165) is 57.0 Å². The zero-order valence-electron chi connectivity index (χ0n) is 25.9.